The zero-order valence-electron chi connectivity index (χ0n) is 10.2. The first-order valence-electron chi connectivity index (χ1n) is 5.64. The molecule has 1 N–H and O–H groups in total. The summed E-state index contributed by atoms with van der Waals surface area (Å²) in [5.74, 6) is 0. The van der Waals surface area contributed by atoms with Crippen molar-refractivity contribution in [3.8, 4) is 0 Å². The average Bonchev–Trinajstić information content (AvgIpc) is 2.30. The van der Waals surface area contributed by atoms with E-state index in [2.05, 4.69) is 53.3 Å². The Balaban J connectivity index is 2.33. The van der Waals surface area contributed by atoms with E-state index in [1.54, 1.807) is 7.11 Å². The van der Waals surface area contributed by atoms with E-state index in [1.165, 1.54) is 10.0 Å². The summed E-state index contributed by atoms with van der Waals surface area (Å²) in [5.41, 5.74) is 1.34. The van der Waals surface area contributed by atoms with E-state index < -0.39 is 0 Å². The smallest absolute Gasteiger partial charge is 0.0693 e. The summed E-state index contributed by atoms with van der Waals surface area (Å²) in [6.45, 7) is 5.20. The molecule has 2 nitrogen and oxygen atoms in total. The maximum atomic E-state index is 5.27. The monoisotopic (exact) mass is 285 g/mol. The molecule has 0 aromatic heterocycles. The van der Waals surface area contributed by atoms with Gasteiger partial charge in [-0.05, 0) is 38.4 Å². The molecule has 0 saturated heterocycles. The van der Waals surface area contributed by atoms with Crippen LogP contribution in [0.2, 0.25) is 0 Å². The SMILES string of the molecule is COC(C)C(C)NCCc1ccccc1Br. The van der Waals surface area contributed by atoms with E-state index in [-0.39, 0.29) is 6.10 Å². The lowest BCUT2D eigenvalue weighted by Gasteiger charge is -2.20. The average molecular weight is 286 g/mol. The second-order valence-electron chi connectivity index (χ2n) is 4.03. The molecule has 2 atom stereocenters. The summed E-state index contributed by atoms with van der Waals surface area (Å²) in [4.78, 5) is 0. The molecular weight excluding hydrogens is 266 g/mol. The molecule has 0 bridgehead atoms. The molecule has 0 radical (unpaired) electrons. The lowest BCUT2D eigenvalue weighted by molar-refractivity contribution is 0.0890. The fraction of sp³-hybridized carbons (Fsp3) is 0.538. The van der Waals surface area contributed by atoms with Crippen LogP contribution in [-0.2, 0) is 11.2 Å². The Morgan fingerprint density at radius 3 is 2.62 bits per heavy atom. The lowest BCUT2D eigenvalue weighted by Crippen LogP contribution is -2.37. The van der Waals surface area contributed by atoms with Crippen molar-refractivity contribution in [2.45, 2.75) is 32.4 Å². The summed E-state index contributed by atoms with van der Waals surface area (Å²) in [5, 5.41) is 3.46. The normalized spacial score (nSPS) is 14.8. The second kappa shape index (κ2) is 7.05. The zero-order chi connectivity index (χ0) is 12.0. The molecule has 1 aromatic carbocycles. The lowest BCUT2D eigenvalue weighted by atomic mass is 10.1. The molecule has 1 rings (SSSR count). The summed E-state index contributed by atoms with van der Waals surface area (Å²) in [7, 11) is 1.75. The van der Waals surface area contributed by atoms with E-state index >= 15 is 0 Å². The fourth-order valence-electron chi connectivity index (χ4n) is 1.51. The van der Waals surface area contributed by atoms with Crippen molar-refractivity contribution in [2.75, 3.05) is 13.7 Å². The maximum Gasteiger partial charge on any atom is 0.0693 e. The van der Waals surface area contributed by atoms with Crippen LogP contribution in [0.4, 0.5) is 0 Å². The van der Waals surface area contributed by atoms with Gasteiger partial charge in [0.25, 0.3) is 0 Å². The van der Waals surface area contributed by atoms with Crippen molar-refractivity contribution in [2.24, 2.45) is 0 Å². The van der Waals surface area contributed by atoms with E-state index in [4.69, 9.17) is 4.74 Å². The van der Waals surface area contributed by atoms with Gasteiger partial charge in [0.15, 0.2) is 0 Å². The number of halogens is 1. The van der Waals surface area contributed by atoms with Crippen LogP contribution in [0, 0.1) is 0 Å². The van der Waals surface area contributed by atoms with Gasteiger partial charge in [-0.25, -0.2) is 0 Å². The second-order valence-corrected chi connectivity index (χ2v) is 4.88. The molecule has 16 heavy (non-hydrogen) atoms. The first-order chi connectivity index (χ1) is 7.65. The van der Waals surface area contributed by atoms with E-state index in [1.807, 2.05) is 6.07 Å². The first-order valence-corrected chi connectivity index (χ1v) is 6.44. The molecule has 0 heterocycles. The van der Waals surface area contributed by atoms with Gasteiger partial charge in [-0.2, -0.15) is 0 Å². The summed E-state index contributed by atoms with van der Waals surface area (Å²) < 4.78 is 6.45. The molecule has 2 unspecified atom stereocenters. The third-order valence-electron chi connectivity index (χ3n) is 2.89. The van der Waals surface area contributed by atoms with Gasteiger partial charge < -0.3 is 10.1 Å². The number of hydrogen-bond acceptors (Lipinski definition) is 2. The number of hydrogen-bond donors (Lipinski definition) is 1. The molecule has 0 aliphatic rings. The highest BCUT2D eigenvalue weighted by Crippen LogP contribution is 2.15. The summed E-state index contributed by atoms with van der Waals surface area (Å²) in [6, 6.07) is 8.72. The fourth-order valence-corrected chi connectivity index (χ4v) is 1.99. The standard InChI is InChI=1S/C13H20BrNO/c1-10(11(2)16-3)15-9-8-12-6-4-5-7-13(12)14/h4-7,10-11,15H,8-9H2,1-3H3. The largest absolute Gasteiger partial charge is 0.380 e. The van der Waals surface area contributed by atoms with Crippen molar-refractivity contribution >= 4 is 15.9 Å². The van der Waals surface area contributed by atoms with Crippen LogP contribution >= 0.6 is 15.9 Å². The number of rotatable bonds is 6. The quantitative estimate of drug-likeness (QED) is 0.868. The predicted octanol–water partition coefficient (Wildman–Crippen LogP) is 3.00. The van der Waals surface area contributed by atoms with Gasteiger partial charge in [-0.3, -0.25) is 0 Å². The number of nitrogens with one attached hydrogen (secondary N) is 1. The Hall–Kier alpha value is -0.380. The molecule has 0 aliphatic carbocycles. The van der Waals surface area contributed by atoms with Gasteiger partial charge in [-0.1, -0.05) is 34.1 Å². The molecule has 0 saturated carbocycles. The van der Waals surface area contributed by atoms with Crippen LogP contribution in [-0.4, -0.2) is 25.8 Å². The molecule has 3 heteroatoms. The van der Waals surface area contributed by atoms with Crippen LogP contribution in [0.5, 0.6) is 0 Å². The van der Waals surface area contributed by atoms with Gasteiger partial charge in [0.05, 0.1) is 6.10 Å². The van der Waals surface area contributed by atoms with Crippen molar-refractivity contribution in [3.63, 3.8) is 0 Å². The van der Waals surface area contributed by atoms with Crippen LogP contribution in [0.3, 0.4) is 0 Å². The Morgan fingerprint density at radius 2 is 2.00 bits per heavy atom. The van der Waals surface area contributed by atoms with Crippen LogP contribution in [0.15, 0.2) is 28.7 Å². The van der Waals surface area contributed by atoms with E-state index in [9.17, 15) is 0 Å². The minimum absolute atomic E-state index is 0.249. The maximum absolute atomic E-state index is 5.27. The third-order valence-corrected chi connectivity index (χ3v) is 3.67. The highest BCUT2D eigenvalue weighted by molar-refractivity contribution is 9.10. The van der Waals surface area contributed by atoms with Crippen LogP contribution in [0.1, 0.15) is 19.4 Å². The molecular formula is C13H20BrNO. The number of benzene rings is 1. The Morgan fingerprint density at radius 1 is 1.31 bits per heavy atom. The van der Waals surface area contributed by atoms with Gasteiger partial charge in [0.1, 0.15) is 0 Å². The zero-order valence-corrected chi connectivity index (χ0v) is 11.8. The predicted molar refractivity (Wildman–Crippen MR) is 71.8 cm³/mol. The Labute approximate surface area is 107 Å². The third kappa shape index (κ3) is 4.24. The van der Waals surface area contributed by atoms with Crippen LogP contribution in [0.25, 0.3) is 0 Å². The molecule has 90 valence electrons. The minimum atomic E-state index is 0.249. The van der Waals surface area contributed by atoms with Gasteiger partial charge in [0, 0.05) is 17.6 Å². The van der Waals surface area contributed by atoms with Gasteiger partial charge in [-0.15, -0.1) is 0 Å². The van der Waals surface area contributed by atoms with Crippen molar-refractivity contribution in [3.05, 3.63) is 34.3 Å². The van der Waals surface area contributed by atoms with Gasteiger partial charge in [0.2, 0.25) is 0 Å². The van der Waals surface area contributed by atoms with Crippen LogP contribution < -0.4 is 5.32 Å². The molecule has 0 amide bonds. The number of methoxy groups -OCH3 is 1. The molecule has 1 aromatic rings. The summed E-state index contributed by atoms with van der Waals surface area (Å²) >= 11 is 3.55. The minimum Gasteiger partial charge on any atom is -0.380 e. The highest BCUT2D eigenvalue weighted by atomic mass is 79.9. The first kappa shape index (κ1) is 13.7. The van der Waals surface area contributed by atoms with Gasteiger partial charge >= 0.3 is 0 Å². The molecule has 0 aliphatic heterocycles. The van der Waals surface area contributed by atoms with E-state index in [0.29, 0.717) is 6.04 Å². The van der Waals surface area contributed by atoms with E-state index in [0.717, 1.165) is 13.0 Å². The number of ether oxygens (including phenoxy) is 1. The topological polar surface area (TPSA) is 21.3 Å². The molecule has 0 fully saturated rings. The van der Waals surface area contributed by atoms with Crippen molar-refractivity contribution in [1.82, 2.24) is 5.32 Å². The highest BCUT2D eigenvalue weighted by Gasteiger charge is 2.09. The Kier molecular flexibility index (Phi) is 6.03. The Bertz CT molecular complexity index is 317. The molecule has 0 spiro atoms. The van der Waals surface area contributed by atoms with Crippen molar-refractivity contribution < 1.29 is 4.74 Å². The summed E-state index contributed by atoms with van der Waals surface area (Å²) in [6.07, 6.45) is 1.28. The van der Waals surface area contributed by atoms with Crippen molar-refractivity contribution in [1.29, 1.82) is 0 Å².